The van der Waals surface area contributed by atoms with Gasteiger partial charge < -0.3 is 40.8 Å². The summed E-state index contributed by atoms with van der Waals surface area (Å²) in [6.07, 6.45) is 4.76. The molecule has 258 valence electrons. The number of methoxy groups -OCH3 is 1. The van der Waals surface area contributed by atoms with Crippen LogP contribution in [0.3, 0.4) is 0 Å². The van der Waals surface area contributed by atoms with Crippen molar-refractivity contribution in [3.63, 3.8) is 0 Å². The Labute approximate surface area is 269 Å². The average Bonchev–Trinajstić information content (AvgIpc) is 2.96. The van der Waals surface area contributed by atoms with Crippen LogP contribution in [-0.2, 0) is 38.2 Å². The van der Waals surface area contributed by atoms with E-state index in [1.165, 1.54) is 0 Å². The van der Waals surface area contributed by atoms with Gasteiger partial charge in [-0.05, 0) is 45.4 Å². The van der Waals surface area contributed by atoms with Crippen LogP contribution in [0.1, 0.15) is 61.3 Å². The van der Waals surface area contributed by atoms with Crippen molar-refractivity contribution in [2.45, 2.75) is 91.1 Å². The predicted octanol–water partition coefficient (Wildman–Crippen LogP) is -0.0843. The van der Waals surface area contributed by atoms with Crippen LogP contribution in [0.5, 0.6) is 0 Å². The van der Waals surface area contributed by atoms with Crippen LogP contribution in [0.15, 0.2) is 5.11 Å². The Hall–Kier alpha value is -4.55. The molecule has 5 amide bonds. The Morgan fingerprint density at radius 2 is 1.43 bits per heavy atom. The monoisotopic (exact) mass is 653 g/mol. The first-order valence-electron chi connectivity index (χ1n) is 14.8. The Morgan fingerprint density at radius 3 is 1.93 bits per heavy atom. The van der Waals surface area contributed by atoms with E-state index in [2.05, 4.69) is 47.3 Å². The summed E-state index contributed by atoms with van der Waals surface area (Å²) in [7, 11) is 1.15. The highest BCUT2D eigenvalue weighted by Crippen LogP contribution is 2.11. The lowest BCUT2D eigenvalue weighted by Crippen LogP contribution is -2.61. The molecule has 0 saturated heterocycles. The SMILES string of the molecule is C#CCOC[C@H](NC(=O)[C@@H](NC(=O)[C@@H](NC(=O)[C@H](CCCN=[N+]=N)NC(=O)OC(C)(C)C)C(C)C)C(C)C)C(=O)NCC(=O)OC. The maximum atomic E-state index is 13.5. The lowest BCUT2D eigenvalue weighted by molar-refractivity contribution is -0.141. The number of carbonyl (C=O) groups excluding carboxylic acids is 6. The molecular weight excluding hydrogens is 604 g/mol. The summed E-state index contributed by atoms with van der Waals surface area (Å²) in [4.78, 5) is 79.6. The standard InChI is InChI=1S/C29H48N8O9/c1-10-14-45-16-20(24(39)31-15-21(38)44-9)33-26(41)22(17(2)3)36-27(42)23(18(4)5)35-25(40)19(12-11-13-32-37-30)34-28(43)46-29(6,7)8/h1,17-20,22-23,30H,11-16H2,2-9H3,(H4-,31,33,34,35,36,39,40,41,42,43)/p+1/t19-,20-,22-,23-/m0/s1. The number of esters is 1. The molecule has 0 aliphatic heterocycles. The maximum absolute atomic E-state index is 13.5. The van der Waals surface area contributed by atoms with E-state index in [9.17, 15) is 28.8 Å². The van der Waals surface area contributed by atoms with E-state index in [-0.39, 0.29) is 26.2 Å². The summed E-state index contributed by atoms with van der Waals surface area (Å²) >= 11 is 0. The zero-order chi connectivity index (χ0) is 35.4. The van der Waals surface area contributed by atoms with E-state index in [1.807, 2.05) is 0 Å². The lowest BCUT2D eigenvalue weighted by Gasteiger charge is -2.29. The highest BCUT2D eigenvalue weighted by Gasteiger charge is 2.34. The summed E-state index contributed by atoms with van der Waals surface area (Å²) in [5.74, 6) is -2.22. The van der Waals surface area contributed by atoms with Gasteiger partial charge in [0, 0.05) is 0 Å². The second-order valence-electron chi connectivity index (χ2n) is 11.8. The highest BCUT2D eigenvalue weighted by atomic mass is 16.6. The molecule has 0 saturated carbocycles. The fourth-order valence-corrected chi connectivity index (χ4v) is 3.74. The van der Waals surface area contributed by atoms with Crippen LogP contribution in [0.25, 0.3) is 0 Å². The fourth-order valence-electron chi connectivity index (χ4n) is 3.74. The van der Waals surface area contributed by atoms with Gasteiger partial charge in [-0.3, -0.25) is 24.0 Å². The van der Waals surface area contributed by atoms with E-state index in [0.717, 1.165) is 7.11 Å². The molecule has 0 fully saturated rings. The van der Waals surface area contributed by atoms with Gasteiger partial charge >= 0.3 is 12.1 Å². The Bertz CT molecular complexity index is 1140. The van der Waals surface area contributed by atoms with Gasteiger partial charge in [0.2, 0.25) is 28.5 Å². The van der Waals surface area contributed by atoms with Crippen LogP contribution in [0, 0.1) is 29.7 Å². The van der Waals surface area contributed by atoms with E-state index in [0.29, 0.717) is 6.42 Å². The van der Waals surface area contributed by atoms with Crippen molar-refractivity contribution in [3.8, 4) is 12.3 Å². The average molecular weight is 654 g/mol. The van der Waals surface area contributed by atoms with Crippen molar-refractivity contribution in [1.82, 2.24) is 31.5 Å². The fraction of sp³-hybridized carbons (Fsp3) is 0.724. The number of nitrogens with zero attached hydrogens (tertiary/aromatic N) is 2. The predicted molar refractivity (Wildman–Crippen MR) is 165 cm³/mol. The van der Waals surface area contributed by atoms with Gasteiger partial charge in [-0.1, -0.05) is 33.6 Å². The molecular formula is C29H49N8O9+. The number of amides is 5. The third kappa shape index (κ3) is 17.1. The number of carbonyl (C=O) groups is 6. The molecule has 17 nitrogen and oxygen atoms in total. The van der Waals surface area contributed by atoms with Gasteiger partial charge in [0.15, 0.2) is 0 Å². The Balaban J connectivity index is 5.86. The van der Waals surface area contributed by atoms with Gasteiger partial charge in [-0.2, -0.15) is 0 Å². The first-order valence-corrected chi connectivity index (χ1v) is 14.8. The molecule has 0 aliphatic carbocycles. The van der Waals surface area contributed by atoms with Gasteiger partial charge in [-0.15, -0.1) is 6.42 Å². The van der Waals surface area contributed by atoms with E-state index < -0.39 is 83.8 Å². The molecule has 0 bridgehead atoms. The molecule has 17 heteroatoms. The maximum Gasteiger partial charge on any atom is 0.408 e. The molecule has 0 unspecified atom stereocenters. The molecule has 0 heterocycles. The number of ether oxygens (including phenoxy) is 3. The number of alkyl carbamates (subject to hydrolysis) is 1. The minimum absolute atomic E-state index is 0.106. The second kappa shape index (κ2) is 21.2. The third-order valence-corrected chi connectivity index (χ3v) is 6.06. The second-order valence-corrected chi connectivity index (χ2v) is 11.8. The molecule has 0 aliphatic rings. The third-order valence-electron chi connectivity index (χ3n) is 6.06. The summed E-state index contributed by atoms with van der Waals surface area (Å²) < 4.78 is 15.0. The van der Waals surface area contributed by atoms with Crippen molar-refractivity contribution in [2.75, 3.05) is 33.4 Å². The van der Waals surface area contributed by atoms with Crippen LogP contribution in [-0.4, -0.2) is 98.9 Å². The molecule has 6 N–H and O–H groups in total. The molecule has 0 rings (SSSR count). The molecule has 0 aromatic rings. The van der Waals surface area contributed by atoms with Crippen molar-refractivity contribution in [1.29, 1.82) is 5.53 Å². The summed E-state index contributed by atoms with van der Waals surface area (Å²) in [5.41, 5.74) is 5.96. The number of hydrogen-bond donors (Lipinski definition) is 6. The molecule has 0 radical (unpaired) electrons. The largest absolute Gasteiger partial charge is 0.468 e. The van der Waals surface area contributed by atoms with Crippen LogP contribution in [0.2, 0.25) is 0 Å². The molecule has 4 atom stereocenters. The first kappa shape index (κ1) is 41.4. The molecule has 0 spiro atoms. The van der Waals surface area contributed by atoms with Crippen molar-refractivity contribution >= 4 is 35.7 Å². The van der Waals surface area contributed by atoms with Gasteiger partial charge in [0.1, 0.15) is 60.1 Å². The first-order chi connectivity index (χ1) is 21.5. The van der Waals surface area contributed by atoms with E-state index in [1.54, 1.807) is 48.5 Å². The molecule has 46 heavy (non-hydrogen) atoms. The van der Waals surface area contributed by atoms with E-state index in [4.69, 9.17) is 21.4 Å². The number of terminal acetylenes is 1. The zero-order valence-corrected chi connectivity index (χ0v) is 27.9. The normalized spacial score (nSPS) is 13.5. The zero-order valence-electron chi connectivity index (χ0n) is 27.9. The Kier molecular flexibility index (Phi) is 19.1. The highest BCUT2D eigenvalue weighted by molar-refractivity contribution is 5.95. The smallest absolute Gasteiger partial charge is 0.408 e. The van der Waals surface area contributed by atoms with Crippen LogP contribution in [0.4, 0.5) is 4.79 Å². The lowest BCUT2D eigenvalue weighted by atomic mass is 9.98. The summed E-state index contributed by atoms with van der Waals surface area (Å²) in [6, 6.07) is -4.66. The number of rotatable bonds is 19. The van der Waals surface area contributed by atoms with Gasteiger partial charge in [0.25, 0.3) is 0 Å². The number of nitrogens with one attached hydrogen (secondary N) is 6. The minimum Gasteiger partial charge on any atom is -0.468 e. The van der Waals surface area contributed by atoms with Crippen molar-refractivity contribution in [3.05, 3.63) is 0 Å². The van der Waals surface area contributed by atoms with Gasteiger partial charge in [0.05, 0.1) is 13.7 Å². The number of hydrogen-bond acceptors (Lipinski definition) is 11. The summed E-state index contributed by atoms with van der Waals surface area (Å²) in [5, 5.41) is 16.2. The van der Waals surface area contributed by atoms with Crippen molar-refractivity contribution < 1.29 is 43.0 Å². The summed E-state index contributed by atoms with van der Waals surface area (Å²) in [6.45, 7) is 10.9. The van der Waals surface area contributed by atoms with Crippen LogP contribution < -0.4 is 31.5 Å². The Morgan fingerprint density at radius 1 is 0.870 bits per heavy atom. The van der Waals surface area contributed by atoms with Crippen molar-refractivity contribution in [2.24, 2.45) is 17.0 Å². The molecule has 0 aromatic carbocycles. The quantitative estimate of drug-likeness (QED) is 0.0358. The van der Waals surface area contributed by atoms with E-state index >= 15 is 0 Å². The van der Waals surface area contributed by atoms with Crippen LogP contribution >= 0.6 is 0 Å². The molecule has 0 aromatic heterocycles. The topological polar surface area (TPSA) is 241 Å². The van der Waals surface area contributed by atoms with Gasteiger partial charge in [-0.25, -0.2) is 4.79 Å². The minimum atomic E-state index is -1.27.